The minimum atomic E-state index is -1.48. The van der Waals surface area contributed by atoms with Gasteiger partial charge in [0.2, 0.25) is 5.79 Å². The second kappa shape index (κ2) is 6.92. The van der Waals surface area contributed by atoms with Crippen molar-refractivity contribution >= 4 is 5.78 Å². The summed E-state index contributed by atoms with van der Waals surface area (Å²) in [4.78, 5) is 14.4. The summed E-state index contributed by atoms with van der Waals surface area (Å²) in [5.74, 6) is -2.13. The molecule has 196 valence electrons. The monoisotopic (exact) mass is 498 g/mol. The fourth-order valence-electron chi connectivity index (χ4n) is 9.94. The number of Topliss-reactive ketones (excluding diaryl/α,β-unsaturated/α-hetero) is 1. The third kappa shape index (κ3) is 2.37. The Kier molecular flexibility index (Phi) is 4.53. The van der Waals surface area contributed by atoms with Crippen molar-refractivity contribution < 1.29 is 33.6 Å². The molecule has 4 bridgehead atoms. The van der Waals surface area contributed by atoms with Crippen LogP contribution in [0.25, 0.3) is 0 Å². The van der Waals surface area contributed by atoms with Crippen LogP contribution in [0, 0.1) is 34.0 Å². The Bertz CT molecular complexity index is 1100. The van der Waals surface area contributed by atoms with E-state index >= 15 is 0 Å². The number of carbonyl (C=O) groups excluding carboxylic acids is 1. The van der Waals surface area contributed by atoms with Gasteiger partial charge in [-0.1, -0.05) is 26.5 Å². The van der Waals surface area contributed by atoms with Crippen LogP contribution in [0.4, 0.5) is 0 Å². The van der Waals surface area contributed by atoms with Crippen molar-refractivity contribution in [3.8, 4) is 0 Å². The van der Waals surface area contributed by atoms with Crippen molar-refractivity contribution in [2.45, 2.75) is 89.9 Å². The molecule has 36 heavy (non-hydrogen) atoms. The molecule has 0 unspecified atom stereocenters. The van der Waals surface area contributed by atoms with Crippen molar-refractivity contribution in [2.24, 2.45) is 34.0 Å². The summed E-state index contributed by atoms with van der Waals surface area (Å²) in [6.07, 6.45) is 3.95. The molecule has 3 saturated carbocycles. The van der Waals surface area contributed by atoms with E-state index in [9.17, 15) is 9.90 Å². The van der Waals surface area contributed by atoms with Crippen LogP contribution in [0.15, 0.2) is 36.1 Å². The van der Waals surface area contributed by atoms with E-state index in [4.69, 9.17) is 23.7 Å². The second-order valence-electron chi connectivity index (χ2n) is 13.2. The summed E-state index contributed by atoms with van der Waals surface area (Å²) < 4.78 is 32.6. The third-order valence-corrected chi connectivity index (χ3v) is 10.6. The van der Waals surface area contributed by atoms with Gasteiger partial charge in [-0.2, -0.15) is 0 Å². The Morgan fingerprint density at radius 2 is 1.97 bits per heavy atom. The van der Waals surface area contributed by atoms with E-state index in [2.05, 4.69) is 27.0 Å². The van der Waals surface area contributed by atoms with Crippen molar-refractivity contribution in [2.75, 3.05) is 13.2 Å². The van der Waals surface area contributed by atoms with Gasteiger partial charge in [0.15, 0.2) is 17.9 Å². The van der Waals surface area contributed by atoms with Gasteiger partial charge in [0.25, 0.3) is 0 Å². The van der Waals surface area contributed by atoms with Crippen LogP contribution in [0.3, 0.4) is 0 Å². The molecule has 4 heterocycles. The van der Waals surface area contributed by atoms with Gasteiger partial charge in [-0.25, -0.2) is 0 Å². The highest BCUT2D eigenvalue weighted by atomic mass is 16.8. The van der Waals surface area contributed by atoms with E-state index in [0.29, 0.717) is 18.8 Å². The molecule has 7 nitrogen and oxygen atoms in total. The summed E-state index contributed by atoms with van der Waals surface area (Å²) in [6.45, 7) is 16.9. The van der Waals surface area contributed by atoms with Gasteiger partial charge >= 0.3 is 0 Å². The molecule has 0 aromatic rings. The summed E-state index contributed by atoms with van der Waals surface area (Å²) in [5, 5.41) is 12.4. The molecular weight excluding hydrogens is 460 g/mol. The normalized spacial score (nSPS) is 51.2. The lowest BCUT2D eigenvalue weighted by Crippen LogP contribution is -2.87. The Hall–Kier alpha value is -1.51. The summed E-state index contributed by atoms with van der Waals surface area (Å²) in [6, 6.07) is 0. The van der Waals surface area contributed by atoms with Crippen LogP contribution in [0.2, 0.25) is 0 Å². The molecule has 6 fully saturated rings. The molecule has 4 aliphatic carbocycles. The SMILES string of the molecule is C=CCO[C@H]1CCC2=C(O1)[C@@]13CO[C@]4(OC(C)(C)O[C@@H]5[C@H]6CC[C@@H]1[C@]54C(=O)C6=C)[C@@H](O)[C@@H]3C(C)(C)C2. The zero-order valence-electron chi connectivity index (χ0n) is 21.8. The van der Waals surface area contributed by atoms with Gasteiger partial charge in [0.1, 0.15) is 17.3 Å². The molecule has 0 radical (unpaired) electrons. The zero-order chi connectivity index (χ0) is 25.5. The molecule has 0 amide bonds. The van der Waals surface area contributed by atoms with E-state index in [-0.39, 0.29) is 35.2 Å². The van der Waals surface area contributed by atoms with Gasteiger partial charge in [0, 0.05) is 18.3 Å². The molecule has 0 aromatic heterocycles. The third-order valence-electron chi connectivity index (χ3n) is 10.6. The number of hydrogen-bond acceptors (Lipinski definition) is 7. The molecular formula is C29H38O7. The van der Waals surface area contributed by atoms with E-state index in [0.717, 1.165) is 37.9 Å². The first-order chi connectivity index (χ1) is 17.0. The van der Waals surface area contributed by atoms with E-state index < -0.39 is 34.6 Å². The smallest absolute Gasteiger partial charge is 0.213 e. The van der Waals surface area contributed by atoms with Gasteiger partial charge < -0.3 is 28.8 Å². The van der Waals surface area contributed by atoms with E-state index in [1.165, 1.54) is 5.57 Å². The van der Waals surface area contributed by atoms with Crippen LogP contribution >= 0.6 is 0 Å². The maximum atomic E-state index is 14.4. The first kappa shape index (κ1) is 23.6. The van der Waals surface area contributed by atoms with Crippen molar-refractivity contribution in [1.29, 1.82) is 0 Å². The van der Waals surface area contributed by atoms with Gasteiger partial charge in [-0.15, -0.1) is 6.58 Å². The van der Waals surface area contributed by atoms with Gasteiger partial charge in [-0.05, 0) is 62.0 Å². The van der Waals surface area contributed by atoms with Crippen molar-refractivity contribution in [3.63, 3.8) is 0 Å². The minimum absolute atomic E-state index is 0.0622. The Morgan fingerprint density at radius 1 is 1.19 bits per heavy atom. The van der Waals surface area contributed by atoms with Crippen LogP contribution in [-0.4, -0.2) is 54.2 Å². The number of ketones is 1. The predicted molar refractivity (Wildman–Crippen MR) is 129 cm³/mol. The number of aliphatic hydroxyl groups is 1. The molecule has 1 N–H and O–H groups in total. The van der Waals surface area contributed by atoms with Crippen molar-refractivity contribution in [1.82, 2.24) is 0 Å². The molecule has 4 aliphatic heterocycles. The number of ether oxygens (including phenoxy) is 5. The average Bonchev–Trinajstić information content (AvgIpc) is 2.93. The summed E-state index contributed by atoms with van der Waals surface area (Å²) >= 11 is 0. The van der Waals surface area contributed by atoms with Crippen LogP contribution < -0.4 is 0 Å². The highest BCUT2D eigenvalue weighted by Crippen LogP contribution is 2.80. The molecule has 8 rings (SSSR count). The van der Waals surface area contributed by atoms with E-state index in [1.54, 1.807) is 6.08 Å². The molecule has 3 saturated heterocycles. The quantitative estimate of drug-likeness (QED) is 0.465. The standard InChI is InChI=1S/C29H38O7/c1-7-12-32-19-11-8-16-13-25(3,4)20-22(31)29-28-18(27(20,14-33-29)23(16)34-19)10-9-17(15(2)21(28)30)24(28)35-26(5,6)36-29/h7,17-20,22,24,31H,1-2,8-14H2,3-6H3/t17-,18-,19+,20+,22-,24+,27-,28-,29-/m0/s1. The molecule has 0 aromatic carbocycles. The maximum absolute atomic E-state index is 14.4. The highest BCUT2D eigenvalue weighted by Gasteiger charge is 2.90. The summed E-state index contributed by atoms with van der Waals surface area (Å²) in [7, 11) is 0. The van der Waals surface area contributed by atoms with Crippen molar-refractivity contribution in [3.05, 3.63) is 36.1 Å². The first-order valence-electron chi connectivity index (χ1n) is 13.5. The fraction of sp³-hybridized carbons (Fsp3) is 0.759. The number of rotatable bonds is 3. The number of carbonyl (C=O) groups is 1. The first-order valence-corrected chi connectivity index (χ1v) is 13.5. The summed E-state index contributed by atoms with van der Waals surface area (Å²) in [5.41, 5.74) is -0.226. The van der Waals surface area contributed by atoms with Crippen LogP contribution in [0.5, 0.6) is 0 Å². The minimum Gasteiger partial charge on any atom is -0.469 e. The Balaban J connectivity index is 1.48. The highest BCUT2D eigenvalue weighted by molar-refractivity contribution is 6.05. The lowest BCUT2D eigenvalue weighted by molar-refractivity contribution is -0.527. The number of allylic oxidation sites excluding steroid dienone is 1. The molecule has 9 atom stereocenters. The largest absolute Gasteiger partial charge is 0.469 e. The fourth-order valence-corrected chi connectivity index (χ4v) is 9.94. The number of aliphatic hydroxyl groups excluding tert-OH is 1. The van der Waals surface area contributed by atoms with Crippen LogP contribution in [-0.2, 0) is 28.5 Å². The lowest BCUT2D eigenvalue weighted by atomic mass is 9.36. The maximum Gasteiger partial charge on any atom is 0.213 e. The predicted octanol–water partition coefficient (Wildman–Crippen LogP) is 4.02. The molecule has 8 aliphatic rings. The van der Waals surface area contributed by atoms with Crippen LogP contribution in [0.1, 0.15) is 59.8 Å². The average molecular weight is 499 g/mol. The Morgan fingerprint density at radius 3 is 2.72 bits per heavy atom. The van der Waals surface area contributed by atoms with E-state index in [1.807, 2.05) is 13.8 Å². The second-order valence-corrected chi connectivity index (χ2v) is 13.2. The Labute approximate surface area is 212 Å². The topological polar surface area (TPSA) is 83.5 Å². The van der Waals surface area contributed by atoms with Gasteiger partial charge in [-0.3, -0.25) is 4.79 Å². The lowest BCUT2D eigenvalue weighted by Gasteiger charge is -2.77. The number of hydrogen-bond donors (Lipinski definition) is 1. The zero-order valence-corrected chi connectivity index (χ0v) is 21.8. The number of fused-ring (bicyclic) bond motifs is 1. The molecule has 3 spiro atoms. The van der Waals surface area contributed by atoms with Gasteiger partial charge in [0.05, 0.1) is 24.7 Å². The molecule has 7 heteroatoms.